The topological polar surface area (TPSA) is 104 Å². The summed E-state index contributed by atoms with van der Waals surface area (Å²) in [5, 5.41) is 20.1. The second-order valence-electron chi connectivity index (χ2n) is 8.43. The van der Waals surface area contributed by atoms with Gasteiger partial charge in [0.25, 0.3) is 0 Å². The van der Waals surface area contributed by atoms with Crippen molar-refractivity contribution in [2.24, 2.45) is 0 Å². The lowest BCUT2D eigenvalue weighted by molar-refractivity contribution is -0.143. The van der Waals surface area contributed by atoms with E-state index in [1.807, 2.05) is 96.9 Å². The maximum Gasteiger partial charge on any atom is 0.326 e. The monoisotopic (exact) mass is 666 g/mol. The molecule has 0 spiro atoms. The SMILES string of the molecule is CC.CC.CC.CC.CC.CC.CC.CCC.CCCCCCCC/C=C\CCCCCCCC(=O)NC(CCC(=O)O)C(=O)O. The van der Waals surface area contributed by atoms with Crippen LogP contribution in [0.4, 0.5) is 0 Å². The van der Waals surface area contributed by atoms with Crippen molar-refractivity contribution in [2.45, 2.75) is 233 Å². The number of carboxylic acid groups (broad SMARTS) is 2. The second-order valence-corrected chi connectivity index (χ2v) is 8.43. The number of amides is 1. The Labute approximate surface area is 292 Å². The zero-order chi connectivity index (χ0) is 38.5. The van der Waals surface area contributed by atoms with Gasteiger partial charge in [0.2, 0.25) is 5.91 Å². The molecule has 6 heteroatoms. The number of rotatable bonds is 20. The van der Waals surface area contributed by atoms with Crippen molar-refractivity contribution in [3.05, 3.63) is 12.2 Å². The minimum Gasteiger partial charge on any atom is -0.481 e. The number of hydrogen-bond acceptors (Lipinski definition) is 3. The zero-order valence-corrected chi connectivity index (χ0v) is 34.9. The van der Waals surface area contributed by atoms with Crippen molar-refractivity contribution in [3.8, 4) is 0 Å². The predicted molar refractivity (Wildman–Crippen MR) is 211 cm³/mol. The number of nitrogens with one attached hydrogen (secondary N) is 1. The van der Waals surface area contributed by atoms with E-state index in [0.717, 1.165) is 38.5 Å². The van der Waals surface area contributed by atoms with Gasteiger partial charge in [-0.05, 0) is 38.5 Å². The molecule has 0 bridgehead atoms. The van der Waals surface area contributed by atoms with Crippen molar-refractivity contribution in [1.82, 2.24) is 5.32 Å². The standard InChI is InChI=1S/C23H41NO5.C3H8.7C2H6/c1-2-3-4-5-6-7-8-9-10-11-12-13-14-15-16-17-21(25)24-20(23(28)29)18-19-22(26)27;1-3-2;7*1-2/h9-10,20H,2-8,11-19H2,1H3,(H,24,25)(H,26,27)(H,28,29);3H2,1-2H3;7*1-2H3/b10-9-;;;;;;;;. The second kappa shape index (κ2) is 84.3. The highest BCUT2D eigenvalue weighted by Crippen LogP contribution is 2.10. The van der Waals surface area contributed by atoms with E-state index >= 15 is 0 Å². The number of carbonyl (C=O) groups is 3. The molecule has 286 valence electrons. The lowest BCUT2D eigenvalue weighted by atomic mass is 10.1. The highest BCUT2D eigenvalue weighted by atomic mass is 16.4. The third-order valence-electron chi connectivity index (χ3n) is 4.95. The summed E-state index contributed by atoms with van der Waals surface area (Å²) in [6.45, 7) is 34.5. The first kappa shape index (κ1) is 66.5. The average Bonchev–Trinajstić information content (AvgIpc) is 3.11. The minimum atomic E-state index is -1.19. The zero-order valence-electron chi connectivity index (χ0n) is 34.9. The molecule has 0 fully saturated rings. The molecule has 46 heavy (non-hydrogen) atoms. The third kappa shape index (κ3) is 90.1. The number of aliphatic carboxylic acids is 2. The van der Waals surface area contributed by atoms with Gasteiger partial charge in [-0.2, -0.15) is 0 Å². The van der Waals surface area contributed by atoms with E-state index < -0.39 is 18.0 Å². The van der Waals surface area contributed by atoms with Crippen LogP contribution in [0.3, 0.4) is 0 Å². The van der Waals surface area contributed by atoms with Crippen LogP contribution in [0, 0.1) is 0 Å². The largest absolute Gasteiger partial charge is 0.481 e. The fraction of sp³-hybridized carbons (Fsp3) is 0.875. The smallest absolute Gasteiger partial charge is 0.326 e. The Kier molecular flexibility index (Phi) is 122. The molecule has 0 saturated carbocycles. The molecule has 0 aliphatic rings. The van der Waals surface area contributed by atoms with Crippen molar-refractivity contribution < 1.29 is 24.6 Å². The number of allylic oxidation sites excluding steroid dienone is 2. The molecule has 0 rings (SSSR count). The first-order chi connectivity index (χ1) is 22.4. The molecule has 0 aromatic heterocycles. The van der Waals surface area contributed by atoms with Gasteiger partial charge >= 0.3 is 11.9 Å². The lowest BCUT2D eigenvalue weighted by Gasteiger charge is -2.13. The fourth-order valence-electron chi connectivity index (χ4n) is 3.15. The molecule has 0 aromatic rings. The van der Waals surface area contributed by atoms with E-state index in [9.17, 15) is 14.4 Å². The van der Waals surface area contributed by atoms with Crippen LogP contribution in [-0.4, -0.2) is 34.1 Å². The van der Waals surface area contributed by atoms with E-state index in [1.165, 1.54) is 51.4 Å². The summed E-state index contributed by atoms with van der Waals surface area (Å²) in [7, 11) is 0. The van der Waals surface area contributed by atoms with Gasteiger partial charge in [-0.3, -0.25) is 9.59 Å². The quantitative estimate of drug-likeness (QED) is 0.0886. The van der Waals surface area contributed by atoms with E-state index in [1.54, 1.807) is 0 Å². The van der Waals surface area contributed by atoms with Crippen LogP contribution >= 0.6 is 0 Å². The molecule has 1 amide bonds. The first-order valence-corrected chi connectivity index (χ1v) is 19.8. The maximum atomic E-state index is 11.8. The maximum absolute atomic E-state index is 11.8. The molecule has 0 saturated heterocycles. The van der Waals surface area contributed by atoms with Crippen LogP contribution in [-0.2, 0) is 14.4 Å². The summed E-state index contributed by atoms with van der Waals surface area (Å²) in [5.41, 5.74) is 0. The van der Waals surface area contributed by atoms with Crippen molar-refractivity contribution in [1.29, 1.82) is 0 Å². The van der Waals surface area contributed by atoms with Gasteiger partial charge in [-0.25, -0.2) is 4.79 Å². The highest BCUT2D eigenvalue weighted by Gasteiger charge is 2.20. The predicted octanol–water partition coefficient (Wildman–Crippen LogP) is 14.1. The van der Waals surface area contributed by atoms with Crippen LogP contribution in [0.5, 0.6) is 0 Å². The van der Waals surface area contributed by atoms with Gasteiger partial charge in [-0.1, -0.05) is 188 Å². The van der Waals surface area contributed by atoms with Gasteiger partial charge < -0.3 is 15.5 Å². The van der Waals surface area contributed by atoms with Gasteiger partial charge in [-0.15, -0.1) is 0 Å². The molecule has 1 atom stereocenters. The minimum absolute atomic E-state index is 0.0945. The number of unbranched alkanes of at least 4 members (excludes halogenated alkanes) is 11. The summed E-state index contributed by atoms with van der Waals surface area (Å²) < 4.78 is 0. The Morgan fingerprint density at radius 2 is 0.848 bits per heavy atom. The van der Waals surface area contributed by atoms with Crippen molar-refractivity contribution >= 4 is 17.8 Å². The Hall–Kier alpha value is -1.85. The van der Waals surface area contributed by atoms with E-state index in [0.29, 0.717) is 0 Å². The van der Waals surface area contributed by atoms with Gasteiger partial charge in [0.1, 0.15) is 6.04 Å². The summed E-state index contributed by atoms with van der Waals surface area (Å²) in [4.78, 5) is 33.4. The summed E-state index contributed by atoms with van der Waals surface area (Å²) in [5.74, 6) is -2.58. The Morgan fingerprint density at radius 3 is 1.17 bits per heavy atom. The molecule has 6 nitrogen and oxygen atoms in total. The molecule has 3 N–H and O–H groups in total. The van der Waals surface area contributed by atoms with Gasteiger partial charge in [0.05, 0.1) is 0 Å². The molecular weight excluding hydrogens is 574 g/mol. The van der Waals surface area contributed by atoms with Crippen LogP contribution in [0.1, 0.15) is 227 Å². The summed E-state index contributed by atoms with van der Waals surface area (Å²) in [6.07, 6.45) is 21.1. The summed E-state index contributed by atoms with van der Waals surface area (Å²) in [6, 6.07) is -1.12. The first-order valence-electron chi connectivity index (χ1n) is 19.8. The van der Waals surface area contributed by atoms with Crippen LogP contribution in [0.2, 0.25) is 0 Å². The highest BCUT2D eigenvalue weighted by molar-refractivity contribution is 5.83. The van der Waals surface area contributed by atoms with Crippen LogP contribution in [0.15, 0.2) is 12.2 Å². The fourth-order valence-corrected chi connectivity index (χ4v) is 3.15. The van der Waals surface area contributed by atoms with Gasteiger partial charge in [0.15, 0.2) is 0 Å². The molecule has 0 aromatic carbocycles. The Morgan fingerprint density at radius 1 is 0.522 bits per heavy atom. The van der Waals surface area contributed by atoms with Crippen molar-refractivity contribution in [2.75, 3.05) is 0 Å². The Bertz CT molecular complexity index is 494. The molecule has 0 heterocycles. The average molecular weight is 666 g/mol. The molecule has 0 aliphatic carbocycles. The molecule has 0 aliphatic heterocycles. The summed E-state index contributed by atoms with van der Waals surface area (Å²) >= 11 is 0. The Balaban J connectivity index is -0.0000000979. The number of carbonyl (C=O) groups excluding carboxylic acids is 1. The normalized spacial score (nSPS) is 8.98. The van der Waals surface area contributed by atoms with Gasteiger partial charge in [0, 0.05) is 12.8 Å². The van der Waals surface area contributed by atoms with E-state index in [4.69, 9.17) is 10.2 Å². The molecule has 1 unspecified atom stereocenters. The third-order valence-corrected chi connectivity index (χ3v) is 4.95. The number of carboxylic acids is 2. The lowest BCUT2D eigenvalue weighted by Crippen LogP contribution is -2.41. The van der Waals surface area contributed by atoms with Crippen molar-refractivity contribution in [3.63, 3.8) is 0 Å². The molecule has 0 radical (unpaired) electrons. The van der Waals surface area contributed by atoms with Crippen LogP contribution in [0.25, 0.3) is 0 Å². The van der Waals surface area contributed by atoms with E-state index in [2.05, 4.69) is 38.2 Å². The molecular formula is C40H91NO5. The van der Waals surface area contributed by atoms with Crippen LogP contribution < -0.4 is 5.32 Å². The van der Waals surface area contributed by atoms with E-state index in [-0.39, 0.29) is 25.2 Å². The number of hydrogen-bond donors (Lipinski definition) is 3.